The molecule has 0 saturated heterocycles. The van der Waals surface area contributed by atoms with Crippen molar-refractivity contribution in [2.24, 2.45) is 0 Å². The lowest BCUT2D eigenvalue weighted by Gasteiger charge is -2.20. The van der Waals surface area contributed by atoms with Gasteiger partial charge in [-0.15, -0.1) is 0 Å². The van der Waals surface area contributed by atoms with Gasteiger partial charge >= 0.3 is 0 Å². The van der Waals surface area contributed by atoms with Crippen molar-refractivity contribution >= 4 is 0 Å². The first kappa shape index (κ1) is 20.8. The molecule has 2 nitrogen and oxygen atoms in total. The highest BCUT2D eigenvalue weighted by Crippen LogP contribution is 2.35. The summed E-state index contributed by atoms with van der Waals surface area (Å²) in [4.78, 5) is 0. The van der Waals surface area contributed by atoms with Crippen LogP contribution >= 0.6 is 0 Å². The van der Waals surface area contributed by atoms with Gasteiger partial charge in [0, 0.05) is 0 Å². The predicted octanol–water partition coefficient (Wildman–Crippen LogP) is 6.45. The fraction of sp³-hybridized carbons (Fsp3) is 0.538. The zero-order valence-electron chi connectivity index (χ0n) is 17.7. The molecule has 2 aromatic rings. The number of aryl methyl sites for hydroxylation is 4. The van der Waals surface area contributed by atoms with Crippen molar-refractivity contribution in [1.82, 2.24) is 0 Å². The maximum atomic E-state index is 11.0. The monoisotopic (exact) mass is 380 g/mol. The van der Waals surface area contributed by atoms with Crippen molar-refractivity contribution in [2.45, 2.75) is 90.9 Å². The fourth-order valence-electron chi connectivity index (χ4n) is 4.53. The first-order valence-corrected chi connectivity index (χ1v) is 11.3. The number of benzene rings is 2. The van der Waals surface area contributed by atoms with E-state index in [1.54, 1.807) is 0 Å². The molecule has 2 aromatic carbocycles. The lowest BCUT2D eigenvalue weighted by Crippen LogP contribution is -2.06. The van der Waals surface area contributed by atoms with Gasteiger partial charge in [0.15, 0.2) is 0 Å². The second-order valence-electron chi connectivity index (χ2n) is 8.34. The molecule has 0 atom stereocenters. The largest absolute Gasteiger partial charge is 0.507 e. The second-order valence-corrected chi connectivity index (χ2v) is 8.34. The smallest absolute Gasteiger partial charge is 0.122 e. The average molecular weight is 381 g/mol. The van der Waals surface area contributed by atoms with Crippen LogP contribution in [0.1, 0.15) is 85.8 Å². The summed E-state index contributed by atoms with van der Waals surface area (Å²) in [6, 6.07) is 8.67. The highest BCUT2D eigenvalue weighted by molar-refractivity contribution is 5.50. The first-order valence-electron chi connectivity index (χ1n) is 11.3. The average Bonchev–Trinajstić information content (AvgIpc) is 2.68. The number of phenolic OH excluding ortho intramolecular Hbond substituents is 2. The summed E-state index contributed by atoms with van der Waals surface area (Å²) < 4.78 is 0. The Morgan fingerprint density at radius 2 is 0.929 bits per heavy atom. The van der Waals surface area contributed by atoms with Crippen molar-refractivity contribution in [3.05, 3.63) is 57.6 Å². The normalized spacial score (nSPS) is 13.5. The van der Waals surface area contributed by atoms with E-state index in [1.165, 1.54) is 36.8 Å². The van der Waals surface area contributed by atoms with Gasteiger partial charge in [0.25, 0.3) is 0 Å². The molecule has 0 saturated carbocycles. The maximum absolute atomic E-state index is 11.0. The Morgan fingerprint density at radius 1 is 0.571 bits per heavy atom. The van der Waals surface area contributed by atoms with E-state index in [1.807, 2.05) is 0 Å². The molecule has 0 unspecified atom stereocenters. The van der Waals surface area contributed by atoms with E-state index in [0.717, 1.165) is 73.6 Å². The van der Waals surface area contributed by atoms with Crippen molar-refractivity contribution in [2.75, 3.05) is 0 Å². The van der Waals surface area contributed by atoms with Crippen molar-refractivity contribution in [3.63, 3.8) is 0 Å². The van der Waals surface area contributed by atoms with Gasteiger partial charge in [-0.25, -0.2) is 0 Å². The van der Waals surface area contributed by atoms with E-state index < -0.39 is 0 Å². The SMILES string of the molecule is CCCCCc1c2ccc(c1O)CCc1ccc(c(O)c1CCCCC)CC2. The quantitative estimate of drug-likeness (QED) is 0.517. The Morgan fingerprint density at radius 3 is 1.32 bits per heavy atom. The zero-order valence-corrected chi connectivity index (χ0v) is 17.7. The molecule has 2 N–H and O–H groups in total. The molecule has 0 heterocycles. The van der Waals surface area contributed by atoms with E-state index in [9.17, 15) is 10.2 Å². The summed E-state index contributed by atoms with van der Waals surface area (Å²) in [6.45, 7) is 4.43. The van der Waals surface area contributed by atoms with Crippen molar-refractivity contribution < 1.29 is 10.2 Å². The van der Waals surface area contributed by atoms with Crippen LogP contribution in [0, 0.1) is 0 Å². The van der Waals surface area contributed by atoms with Crippen LogP contribution in [0.3, 0.4) is 0 Å². The molecule has 0 aromatic heterocycles. The van der Waals surface area contributed by atoms with Crippen molar-refractivity contribution in [1.29, 1.82) is 0 Å². The number of aromatic hydroxyl groups is 2. The molecule has 4 bridgehead atoms. The molecule has 6 rings (SSSR count). The van der Waals surface area contributed by atoms with Crippen LogP contribution in [-0.4, -0.2) is 10.2 Å². The van der Waals surface area contributed by atoms with Crippen molar-refractivity contribution in [3.8, 4) is 11.5 Å². The number of rotatable bonds is 8. The molecule has 2 heteroatoms. The van der Waals surface area contributed by atoms with Crippen LogP contribution in [-0.2, 0) is 38.5 Å². The Hall–Kier alpha value is -1.96. The summed E-state index contributed by atoms with van der Waals surface area (Å²) in [5.41, 5.74) is 6.88. The molecule has 0 fully saturated rings. The van der Waals surface area contributed by atoms with Gasteiger partial charge in [-0.1, -0.05) is 63.8 Å². The van der Waals surface area contributed by atoms with Crippen LogP contribution in [0.4, 0.5) is 0 Å². The highest BCUT2D eigenvalue weighted by Gasteiger charge is 2.18. The Labute approximate surface area is 170 Å². The van der Waals surface area contributed by atoms with Gasteiger partial charge in [-0.05, 0) is 84.7 Å². The van der Waals surface area contributed by atoms with E-state index >= 15 is 0 Å². The van der Waals surface area contributed by atoms with E-state index in [4.69, 9.17) is 0 Å². The second kappa shape index (κ2) is 10.0. The molecule has 0 spiro atoms. The summed E-state index contributed by atoms with van der Waals surface area (Å²) in [5, 5.41) is 22.0. The molecule has 0 amide bonds. The maximum Gasteiger partial charge on any atom is 0.122 e. The predicted molar refractivity (Wildman–Crippen MR) is 117 cm³/mol. The van der Waals surface area contributed by atoms with Crippen LogP contribution in [0.25, 0.3) is 0 Å². The van der Waals surface area contributed by atoms with Gasteiger partial charge in [-0.2, -0.15) is 0 Å². The van der Waals surface area contributed by atoms with Gasteiger partial charge in [0.1, 0.15) is 11.5 Å². The summed E-state index contributed by atoms with van der Waals surface area (Å²) in [6.07, 6.45) is 12.3. The first-order chi connectivity index (χ1) is 13.7. The highest BCUT2D eigenvalue weighted by atomic mass is 16.3. The van der Waals surface area contributed by atoms with E-state index in [0.29, 0.717) is 11.5 Å². The molecule has 4 aliphatic carbocycles. The third-order valence-corrected chi connectivity index (χ3v) is 6.31. The summed E-state index contributed by atoms with van der Waals surface area (Å²) in [5.74, 6) is 1.06. The molecule has 28 heavy (non-hydrogen) atoms. The third kappa shape index (κ3) is 4.71. The minimum absolute atomic E-state index is 0.528. The Bertz CT molecular complexity index is 724. The van der Waals surface area contributed by atoms with Crippen LogP contribution in [0.2, 0.25) is 0 Å². The molecule has 0 aliphatic heterocycles. The number of unbranched alkanes of at least 4 members (excludes halogenated alkanes) is 4. The topological polar surface area (TPSA) is 40.5 Å². The molecule has 4 aliphatic rings. The molecular formula is C26H36O2. The van der Waals surface area contributed by atoms with E-state index in [2.05, 4.69) is 38.1 Å². The minimum Gasteiger partial charge on any atom is -0.507 e. The molecule has 0 radical (unpaired) electrons. The summed E-state index contributed by atoms with van der Waals surface area (Å²) in [7, 11) is 0. The van der Waals surface area contributed by atoms with Crippen LogP contribution < -0.4 is 0 Å². The van der Waals surface area contributed by atoms with Gasteiger partial charge in [-0.3, -0.25) is 0 Å². The summed E-state index contributed by atoms with van der Waals surface area (Å²) >= 11 is 0. The number of hydrogen-bond acceptors (Lipinski definition) is 2. The standard InChI is InChI=1S/C26H36O2/c1-3-5-7-9-23-19-11-15-21(25(23)27)18-14-20-12-16-22(17-13-19)26(28)24(20)10-8-6-4-2/h11-12,15-16,27-28H,3-10,13-14,17-18H2,1-2H3. The zero-order chi connectivity index (χ0) is 19.9. The fourth-order valence-corrected chi connectivity index (χ4v) is 4.53. The van der Waals surface area contributed by atoms with Gasteiger partial charge < -0.3 is 10.2 Å². The lowest BCUT2D eigenvalue weighted by molar-refractivity contribution is 0.453. The Kier molecular flexibility index (Phi) is 7.42. The van der Waals surface area contributed by atoms with Gasteiger partial charge in [0.05, 0.1) is 0 Å². The third-order valence-electron chi connectivity index (χ3n) is 6.31. The number of hydrogen-bond donors (Lipinski definition) is 2. The van der Waals surface area contributed by atoms with E-state index in [-0.39, 0.29) is 0 Å². The van der Waals surface area contributed by atoms with Crippen LogP contribution in [0.15, 0.2) is 24.3 Å². The Balaban J connectivity index is 1.92. The molecular weight excluding hydrogens is 344 g/mol. The van der Waals surface area contributed by atoms with Gasteiger partial charge in [0.2, 0.25) is 0 Å². The lowest BCUT2D eigenvalue weighted by atomic mass is 9.87. The van der Waals surface area contributed by atoms with Crippen LogP contribution in [0.5, 0.6) is 11.5 Å². The number of phenols is 2. The minimum atomic E-state index is 0.528. The molecule has 152 valence electrons.